The molecule has 0 atom stereocenters. The second-order valence-corrected chi connectivity index (χ2v) is 3.81. The van der Waals surface area contributed by atoms with E-state index in [1.165, 1.54) is 0 Å². The van der Waals surface area contributed by atoms with Crippen LogP contribution >= 0.6 is 15.9 Å². The Balaban J connectivity index is 2.33. The molecule has 12 heavy (non-hydrogen) atoms. The lowest BCUT2D eigenvalue weighted by atomic mass is 9.94. The Bertz CT molecular complexity index is 299. The van der Waals surface area contributed by atoms with Crippen LogP contribution < -0.4 is 5.73 Å². The zero-order valence-electron chi connectivity index (χ0n) is 6.46. The fourth-order valence-electron chi connectivity index (χ4n) is 1.16. The maximum absolute atomic E-state index is 5.98. The van der Waals surface area contributed by atoms with Gasteiger partial charge in [0.05, 0.1) is 18.9 Å². The first-order chi connectivity index (χ1) is 5.71. The maximum Gasteiger partial charge on any atom is 0.106 e. The van der Waals surface area contributed by atoms with E-state index in [1.54, 1.807) is 0 Å². The summed E-state index contributed by atoms with van der Waals surface area (Å²) >= 11 is 3.30. The van der Waals surface area contributed by atoms with Crippen molar-refractivity contribution in [2.45, 2.75) is 5.54 Å². The van der Waals surface area contributed by atoms with Crippen LogP contribution in [0.15, 0.2) is 22.8 Å². The van der Waals surface area contributed by atoms with Gasteiger partial charge < -0.3 is 10.5 Å². The molecule has 1 aliphatic heterocycles. The molecule has 1 aromatic heterocycles. The van der Waals surface area contributed by atoms with Gasteiger partial charge in [0.2, 0.25) is 0 Å². The van der Waals surface area contributed by atoms with Crippen LogP contribution in [0.4, 0.5) is 0 Å². The highest BCUT2D eigenvalue weighted by atomic mass is 79.9. The summed E-state index contributed by atoms with van der Waals surface area (Å²) in [6.45, 7) is 1.13. The lowest BCUT2D eigenvalue weighted by Crippen LogP contribution is -2.54. The standard InChI is InChI=1S/C8H9BrN2O/c9-7-3-1-2-6(11-7)8(10)4-12-5-8/h1-3H,4-5,10H2. The third kappa shape index (κ3) is 1.26. The van der Waals surface area contributed by atoms with Gasteiger partial charge in [0.15, 0.2) is 0 Å². The van der Waals surface area contributed by atoms with Crippen LogP contribution in [0.1, 0.15) is 5.69 Å². The molecular weight excluding hydrogens is 220 g/mol. The Morgan fingerprint density at radius 2 is 2.25 bits per heavy atom. The lowest BCUT2D eigenvalue weighted by molar-refractivity contribution is -0.0591. The summed E-state index contributed by atoms with van der Waals surface area (Å²) in [5.41, 5.74) is 6.52. The molecule has 1 aromatic rings. The largest absolute Gasteiger partial charge is 0.377 e. The third-order valence-corrected chi connectivity index (χ3v) is 2.39. The molecule has 2 heterocycles. The molecule has 0 unspecified atom stereocenters. The fourth-order valence-corrected chi connectivity index (χ4v) is 1.50. The van der Waals surface area contributed by atoms with Crippen LogP contribution in [0, 0.1) is 0 Å². The van der Waals surface area contributed by atoms with Gasteiger partial charge in [-0.3, -0.25) is 0 Å². The average Bonchev–Trinajstić information content (AvgIpc) is 2.00. The molecule has 0 spiro atoms. The normalized spacial score (nSPS) is 20.2. The Kier molecular flexibility index (Phi) is 1.90. The zero-order valence-corrected chi connectivity index (χ0v) is 8.04. The number of aromatic nitrogens is 1. The van der Waals surface area contributed by atoms with Gasteiger partial charge in [0.1, 0.15) is 10.1 Å². The molecule has 0 aromatic carbocycles. The number of nitrogens with two attached hydrogens (primary N) is 1. The first-order valence-electron chi connectivity index (χ1n) is 3.70. The van der Waals surface area contributed by atoms with Crippen LogP contribution in [0.25, 0.3) is 0 Å². The van der Waals surface area contributed by atoms with Crippen LogP contribution in [-0.4, -0.2) is 18.2 Å². The Hall–Kier alpha value is -0.450. The van der Waals surface area contributed by atoms with Crippen molar-refractivity contribution >= 4 is 15.9 Å². The second-order valence-electron chi connectivity index (χ2n) is 2.99. The molecule has 0 radical (unpaired) electrons. The molecule has 0 saturated carbocycles. The molecule has 2 rings (SSSR count). The Morgan fingerprint density at radius 1 is 1.50 bits per heavy atom. The van der Waals surface area contributed by atoms with E-state index in [0.717, 1.165) is 10.3 Å². The van der Waals surface area contributed by atoms with Crippen molar-refractivity contribution in [1.82, 2.24) is 4.98 Å². The summed E-state index contributed by atoms with van der Waals surface area (Å²) in [5.74, 6) is 0. The smallest absolute Gasteiger partial charge is 0.106 e. The minimum absolute atomic E-state index is 0.357. The van der Waals surface area contributed by atoms with Crippen molar-refractivity contribution in [1.29, 1.82) is 0 Å². The minimum atomic E-state index is -0.357. The van der Waals surface area contributed by atoms with E-state index in [4.69, 9.17) is 10.5 Å². The topological polar surface area (TPSA) is 48.1 Å². The van der Waals surface area contributed by atoms with Gasteiger partial charge >= 0.3 is 0 Å². The number of nitrogens with zero attached hydrogens (tertiary/aromatic N) is 1. The van der Waals surface area contributed by atoms with E-state index in [2.05, 4.69) is 20.9 Å². The molecule has 0 aliphatic carbocycles. The summed E-state index contributed by atoms with van der Waals surface area (Å²) in [6.07, 6.45) is 0. The highest BCUT2D eigenvalue weighted by Gasteiger charge is 2.37. The number of rotatable bonds is 1. The number of ether oxygens (including phenoxy) is 1. The van der Waals surface area contributed by atoms with E-state index in [9.17, 15) is 0 Å². The molecule has 3 nitrogen and oxygen atoms in total. The van der Waals surface area contributed by atoms with Crippen molar-refractivity contribution < 1.29 is 4.74 Å². The summed E-state index contributed by atoms with van der Waals surface area (Å²) in [7, 11) is 0. The number of pyridine rings is 1. The molecule has 2 N–H and O–H groups in total. The molecule has 4 heteroatoms. The van der Waals surface area contributed by atoms with Crippen LogP contribution in [-0.2, 0) is 10.3 Å². The fraction of sp³-hybridized carbons (Fsp3) is 0.375. The van der Waals surface area contributed by atoms with Gasteiger partial charge in [-0.2, -0.15) is 0 Å². The zero-order chi connectivity index (χ0) is 8.60. The second kappa shape index (κ2) is 2.80. The Morgan fingerprint density at radius 3 is 2.75 bits per heavy atom. The van der Waals surface area contributed by atoms with Crippen molar-refractivity contribution in [3.05, 3.63) is 28.5 Å². The number of hydrogen-bond donors (Lipinski definition) is 1. The van der Waals surface area contributed by atoms with Crippen LogP contribution in [0.5, 0.6) is 0 Å². The van der Waals surface area contributed by atoms with Gasteiger partial charge in [0.25, 0.3) is 0 Å². The molecule has 1 aliphatic rings. The Labute approximate surface area is 79.1 Å². The summed E-state index contributed by atoms with van der Waals surface area (Å²) < 4.78 is 5.87. The minimum Gasteiger partial charge on any atom is -0.377 e. The van der Waals surface area contributed by atoms with Crippen LogP contribution in [0.2, 0.25) is 0 Å². The molecule has 64 valence electrons. The number of hydrogen-bond acceptors (Lipinski definition) is 3. The maximum atomic E-state index is 5.98. The van der Waals surface area contributed by atoms with Crippen molar-refractivity contribution in [2.24, 2.45) is 5.73 Å². The summed E-state index contributed by atoms with van der Waals surface area (Å²) in [5, 5.41) is 0. The summed E-state index contributed by atoms with van der Waals surface area (Å²) in [6, 6.07) is 5.74. The average molecular weight is 229 g/mol. The number of halogens is 1. The molecule has 1 saturated heterocycles. The first kappa shape index (κ1) is 8.16. The van der Waals surface area contributed by atoms with E-state index in [0.29, 0.717) is 13.2 Å². The monoisotopic (exact) mass is 228 g/mol. The van der Waals surface area contributed by atoms with Crippen molar-refractivity contribution in [3.63, 3.8) is 0 Å². The van der Waals surface area contributed by atoms with Gasteiger partial charge in [-0.1, -0.05) is 6.07 Å². The molecule has 0 amide bonds. The van der Waals surface area contributed by atoms with Gasteiger partial charge in [-0.25, -0.2) is 4.98 Å². The van der Waals surface area contributed by atoms with Crippen molar-refractivity contribution in [2.75, 3.05) is 13.2 Å². The predicted octanol–water partition coefficient (Wildman–Crippen LogP) is 1.03. The van der Waals surface area contributed by atoms with Gasteiger partial charge in [-0.15, -0.1) is 0 Å². The van der Waals surface area contributed by atoms with Crippen molar-refractivity contribution in [3.8, 4) is 0 Å². The molecule has 0 bridgehead atoms. The van der Waals surface area contributed by atoms with E-state index >= 15 is 0 Å². The van der Waals surface area contributed by atoms with E-state index < -0.39 is 0 Å². The predicted molar refractivity (Wildman–Crippen MR) is 48.6 cm³/mol. The molecule has 1 fully saturated rings. The summed E-state index contributed by atoms with van der Waals surface area (Å²) in [4.78, 5) is 4.28. The van der Waals surface area contributed by atoms with E-state index in [-0.39, 0.29) is 5.54 Å². The quantitative estimate of drug-likeness (QED) is 0.731. The lowest BCUT2D eigenvalue weighted by Gasteiger charge is -2.37. The highest BCUT2D eigenvalue weighted by Crippen LogP contribution is 2.25. The van der Waals surface area contributed by atoms with E-state index in [1.807, 2.05) is 18.2 Å². The molecular formula is C8H9BrN2O. The van der Waals surface area contributed by atoms with Gasteiger partial charge in [-0.05, 0) is 28.1 Å². The third-order valence-electron chi connectivity index (χ3n) is 1.94. The SMILES string of the molecule is NC1(c2cccc(Br)n2)COC1. The highest BCUT2D eigenvalue weighted by molar-refractivity contribution is 9.10. The van der Waals surface area contributed by atoms with Crippen LogP contribution in [0.3, 0.4) is 0 Å². The first-order valence-corrected chi connectivity index (χ1v) is 4.50. The van der Waals surface area contributed by atoms with Gasteiger partial charge in [0, 0.05) is 0 Å².